The molecule has 3 aromatic rings. The number of nitrogens with one attached hydrogen (secondary N) is 1. The lowest BCUT2D eigenvalue weighted by Crippen LogP contribution is -2.39. The average molecular weight is 352 g/mol. The van der Waals surface area contributed by atoms with Crippen molar-refractivity contribution in [3.8, 4) is 0 Å². The fourth-order valence-electron chi connectivity index (χ4n) is 2.83. The predicted octanol–water partition coefficient (Wildman–Crippen LogP) is 3.31. The standard InChI is InChI=1S/C19H24N6O/c1-13(2)25-12-20-23-18(25)14(3)21-19(26)24(4)11-16-10-9-15-7-5-6-8-17(15)22-16/h5-10,12-14H,11H2,1-4H3,(H,21,26)/t14-/m1/s1. The number of pyridine rings is 1. The number of carbonyl (C=O) groups excluding carboxylic acids is 1. The van der Waals surface area contributed by atoms with Crippen LogP contribution in [0.25, 0.3) is 10.9 Å². The van der Waals surface area contributed by atoms with Crippen LogP contribution in [0.4, 0.5) is 4.79 Å². The zero-order valence-electron chi connectivity index (χ0n) is 15.5. The Labute approximate surface area is 153 Å². The van der Waals surface area contributed by atoms with E-state index >= 15 is 0 Å². The van der Waals surface area contributed by atoms with Crippen LogP contribution < -0.4 is 5.32 Å². The second kappa shape index (κ2) is 7.51. The summed E-state index contributed by atoms with van der Waals surface area (Å²) in [5, 5.41) is 12.1. The summed E-state index contributed by atoms with van der Waals surface area (Å²) in [6.07, 6.45) is 1.69. The fraction of sp³-hybridized carbons (Fsp3) is 0.368. The Balaban J connectivity index is 1.66. The molecule has 1 aromatic carbocycles. The van der Waals surface area contributed by atoms with Gasteiger partial charge < -0.3 is 14.8 Å². The smallest absolute Gasteiger partial charge is 0.318 e. The molecule has 2 amide bonds. The monoisotopic (exact) mass is 352 g/mol. The fourth-order valence-corrected chi connectivity index (χ4v) is 2.83. The van der Waals surface area contributed by atoms with Crippen molar-refractivity contribution in [2.24, 2.45) is 0 Å². The van der Waals surface area contributed by atoms with Gasteiger partial charge in [-0.25, -0.2) is 4.79 Å². The summed E-state index contributed by atoms with van der Waals surface area (Å²) in [6, 6.07) is 11.7. The molecule has 7 nitrogen and oxygen atoms in total. The second-order valence-electron chi connectivity index (χ2n) is 6.71. The third kappa shape index (κ3) is 3.82. The van der Waals surface area contributed by atoms with Crippen molar-refractivity contribution < 1.29 is 4.79 Å². The van der Waals surface area contributed by atoms with E-state index in [1.807, 2.05) is 47.9 Å². The third-order valence-electron chi connectivity index (χ3n) is 4.29. The first-order valence-corrected chi connectivity index (χ1v) is 8.71. The Morgan fingerprint density at radius 1 is 1.19 bits per heavy atom. The van der Waals surface area contributed by atoms with Gasteiger partial charge in [-0.1, -0.05) is 24.3 Å². The molecule has 1 N–H and O–H groups in total. The van der Waals surface area contributed by atoms with E-state index in [4.69, 9.17) is 0 Å². The first kappa shape index (κ1) is 17.8. The topological polar surface area (TPSA) is 75.9 Å². The highest BCUT2D eigenvalue weighted by molar-refractivity contribution is 5.78. The van der Waals surface area contributed by atoms with Crippen molar-refractivity contribution in [3.63, 3.8) is 0 Å². The van der Waals surface area contributed by atoms with Gasteiger partial charge in [0.2, 0.25) is 0 Å². The maximum atomic E-state index is 12.5. The number of amides is 2. The Morgan fingerprint density at radius 3 is 2.73 bits per heavy atom. The normalized spacial score (nSPS) is 12.3. The number of fused-ring (bicyclic) bond motifs is 1. The molecular weight excluding hydrogens is 328 g/mol. The highest BCUT2D eigenvalue weighted by Gasteiger charge is 2.19. The molecule has 0 radical (unpaired) electrons. The van der Waals surface area contributed by atoms with Crippen molar-refractivity contribution in [2.75, 3.05) is 7.05 Å². The van der Waals surface area contributed by atoms with E-state index in [0.29, 0.717) is 6.54 Å². The van der Waals surface area contributed by atoms with Gasteiger partial charge in [0.25, 0.3) is 0 Å². The molecule has 26 heavy (non-hydrogen) atoms. The maximum Gasteiger partial charge on any atom is 0.318 e. The van der Waals surface area contributed by atoms with E-state index in [1.54, 1.807) is 18.3 Å². The van der Waals surface area contributed by atoms with Crippen molar-refractivity contribution in [1.29, 1.82) is 0 Å². The summed E-state index contributed by atoms with van der Waals surface area (Å²) in [5.74, 6) is 0.741. The number of hydrogen-bond acceptors (Lipinski definition) is 4. The van der Waals surface area contributed by atoms with Crippen molar-refractivity contribution >= 4 is 16.9 Å². The molecule has 0 aliphatic heterocycles. The van der Waals surface area contributed by atoms with Crippen LogP contribution >= 0.6 is 0 Å². The molecule has 0 saturated carbocycles. The van der Waals surface area contributed by atoms with E-state index in [0.717, 1.165) is 22.4 Å². The van der Waals surface area contributed by atoms with E-state index in [-0.39, 0.29) is 18.1 Å². The first-order chi connectivity index (χ1) is 12.5. The van der Waals surface area contributed by atoms with E-state index < -0.39 is 0 Å². The molecular formula is C19H24N6O. The summed E-state index contributed by atoms with van der Waals surface area (Å²) >= 11 is 0. The summed E-state index contributed by atoms with van der Waals surface area (Å²) in [4.78, 5) is 18.8. The summed E-state index contributed by atoms with van der Waals surface area (Å²) in [5.41, 5.74) is 1.77. The van der Waals surface area contributed by atoms with Crippen LogP contribution in [0.3, 0.4) is 0 Å². The van der Waals surface area contributed by atoms with Gasteiger partial charge in [-0.15, -0.1) is 10.2 Å². The van der Waals surface area contributed by atoms with Crippen LogP contribution in [0.2, 0.25) is 0 Å². The average Bonchev–Trinajstić information content (AvgIpc) is 3.11. The van der Waals surface area contributed by atoms with Crippen LogP contribution in [0, 0.1) is 0 Å². The Hall–Kier alpha value is -2.96. The number of aromatic nitrogens is 4. The molecule has 0 aliphatic rings. The molecule has 0 bridgehead atoms. The van der Waals surface area contributed by atoms with Gasteiger partial charge in [-0.05, 0) is 32.9 Å². The minimum Gasteiger partial charge on any atom is -0.328 e. The molecule has 1 atom stereocenters. The van der Waals surface area contributed by atoms with Crippen molar-refractivity contribution in [3.05, 3.63) is 54.2 Å². The summed E-state index contributed by atoms with van der Waals surface area (Å²) in [6.45, 7) is 6.45. The largest absolute Gasteiger partial charge is 0.328 e. The zero-order chi connectivity index (χ0) is 18.7. The maximum absolute atomic E-state index is 12.5. The molecule has 136 valence electrons. The van der Waals surface area contributed by atoms with Crippen molar-refractivity contribution in [2.45, 2.75) is 39.4 Å². The van der Waals surface area contributed by atoms with E-state index in [2.05, 4.69) is 34.3 Å². The Morgan fingerprint density at radius 2 is 1.96 bits per heavy atom. The van der Waals surface area contributed by atoms with Crippen molar-refractivity contribution in [1.82, 2.24) is 30.0 Å². The summed E-state index contributed by atoms with van der Waals surface area (Å²) < 4.78 is 1.95. The number of rotatable bonds is 5. The second-order valence-corrected chi connectivity index (χ2v) is 6.71. The lowest BCUT2D eigenvalue weighted by molar-refractivity contribution is 0.202. The van der Waals surface area contributed by atoms with Crippen LogP contribution in [0.15, 0.2) is 42.7 Å². The molecule has 0 aliphatic carbocycles. The molecule has 0 fully saturated rings. The minimum absolute atomic E-state index is 0.175. The Kier molecular flexibility index (Phi) is 5.16. The minimum atomic E-state index is -0.237. The van der Waals surface area contributed by atoms with Crippen LogP contribution in [-0.2, 0) is 6.54 Å². The van der Waals surface area contributed by atoms with E-state index in [9.17, 15) is 4.79 Å². The van der Waals surface area contributed by atoms with Crippen LogP contribution in [-0.4, -0.2) is 37.7 Å². The van der Waals surface area contributed by atoms with Gasteiger partial charge >= 0.3 is 6.03 Å². The number of carbonyl (C=O) groups is 1. The lowest BCUT2D eigenvalue weighted by atomic mass is 10.2. The van der Waals surface area contributed by atoms with Gasteiger partial charge in [0.15, 0.2) is 5.82 Å². The number of hydrogen-bond donors (Lipinski definition) is 1. The Bertz CT molecular complexity index is 904. The zero-order valence-corrected chi connectivity index (χ0v) is 15.5. The highest BCUT2D eigenvalue weighted by atomic mass is 16.2. The third-order valence-corrected chi connectivity index (χ3v) is 4.29. The van der Waals surface area contributed by atoms with Crippen LogP contribution in [0.1, 0.15) is 44.4 Å². The molecule has 0 saturated heterocycles. The number of urea groups is 1. The molecule has 2 aromatic heterocycles. The lowest BCUT2D eigenvalue weighted by Gasteiger charge is -2.22. The molecule has 0 spiro atoms. The van der Waals surface area contributed by atoms with Gasteiger partial charge in [0, 0.05) is 18.5 Å². The van der Waals surface area contributed by atoms with Gasteiger partial charge in [0.1, 0.15) is 6.33 Å². The first-order valence-electron chi connectivity index (χ1n) is 8.71. The van der Waals surface area contributed by atoms with Gasteiger partial charge in [-0.2, -0.15) is 0 Å². The summed E-state index contributed by atoms with van der Waals surface area (Å²) in [7, 11) is 1.76. The number of para-hydroxylation sites is 1. The van der Waals surface area contributed by atoms with E-state index in [1.165, 1.54) is 0 Å². The number of benzene rings is 1. The van der Waals surface area contributed by atoms with Gasteiger partial charge in [-0.3, -0.25) is 4.98 Å². The molecule has 7 heteroatoms. The van der Waals surface area contributed by atoms with Crippen LogP contribution in [0.5, 0.6) is 0 Å². The molecule has 0 unspecified atom stereocenters. The molecule has 3 rings (SSSR count). The number of nitrogens with zero attached hydrogens (tertiary/aromatic N) is 5. The predicted molar refractivity (Wildman–Crippen MR) is 101 cm³/mol. The van der Waals surface area contributed by atoms with Gasteiger partial charge in [0.05, 0.1) is 23.8 Å². The SMILES string of the molecule is CC(C)n1cnnc1[C@@H](C)NC(=O)N(C)Cc1ccc2ccccc2n1. The molecule has 2 heterocycles. The highest BCUT2D eigenvalue weighted by Crippen LogP contribution is 2.15. The quantitative estimate of drug-likeness (QED) is 0.764.